The molecule has 0 aromatic heterocycles. The van der Waals surface area contributed by atoms with Crippen LogP contribution >= 0.6 is 11.6 Å². The van der Waals surface area contributed by atoms with Gasteiger partial charge in [-0.15, -0.1) is 13.2 Å². The maximum absolute atomic E-state index is 12.2. The Kier molecular flexibility index (Phi) is 4.44. The molecule has 0 bridgehead atoms. The first-order chi connectivity index (χ1) is 9.76. The molecule has 0 spiro atoms. The van der Waals surface area contributed by atoms with Crippen LogP contribution in [0.15, 0.2) is 42.5 Å². The highest BCUT2D eigenvalue weighted by atomic mass is 35.5. The smallest absolute Gasteiger partial charge is 0.406 e. The maximum Gasteiger partial charge on any atom is 0.573 e. The third-order valence-corrected chi connectivity index (χ3v) is 3.25. The van der Waals surface area contributed by atoms with E-state index in [-0.39, 0.29) is 5.75 Å². The molecule has 1 atom stereocenters. The van der Waals surface area contributed by atoms with Crippen molar-refractivity contribution < 1.29 is 17.9 Å². The van der Waals surface area contributed by atoms with Crippen molar-refractivity contribution in [1.29, 1.82) is 0 Å². The van der Waals surface area contributed by atoms with Crippen LogP contribution < -0.4 is 10.5 Å². The van der Waals surface area contributed by atoms with Gasteiger partial charge in [0.05, 0.1) is 6.04 Å². The van der Waals surface area contributed by atoms with E-state index < -0.39 is 12.4 Å². The molecule has 2 rings (SSSR count). The van der Waals surface area contributed by atoms with Crippen molar-refractivity contribution in [2.45, 2.75) is 19.3 Å². The Labute approximate surface area is 125 Å². The van der Waals surface area contributed by atoms with Gasteiger partial charge in [0, 0.05) is 5.02 Å². The zero-order chi connectivity index (χ0) is 15.6. The molecule has 112 valence electrons. The zero-order valence-electron chi connectivity index (χ0n) is 11.1. The second-order valence-corrected chi connectivity index (χ2v) is 5.04. The second kappa shape index (κ2) is 5.95. The van der Waals surface area contributed by atoms with Crippen molar-refractivity contribution in [2.24, 2.45) is 5.73 Å². The molecule has 0 radical (unpaired) electrons. The van der Waals surface area contributed by atoms with Crippen molar-refractivity contribution >= 4 is 11.6 Å². The highest BCUT2D eigenvalue weighted by Crippen LogP contribution is 2.29. The minimum Gasteiger partial charge on any atom is -0.406 e. The number of rotatable bonds is 3. The molecule has 0 saturated carbocycles. The Hall–Kier alpha value is -1.72. The van der Waals surface area contributed by atoms with E-state index >= 15 is 0 Å². The van der Waals surface area contributed by atoms with Gasteiger partial charge in [0.1, 0.15) is 5.75 Å². The van der Waals surface area contributed by atoms with Gasteiger partial charge in [-0.05, 0) is 47.9 Å². The van der Waals surface area contributed by atoms with Crippen LogP contribution in [0.5, 0.6) is 5.75 Å². The minimum atomic E-state index is -4.72. The fourth-order valence-corrected chi connectivity index (χ4v) is 2.30. The Balaban J connectivity index is 2.31. The summed E-state index contributed by atoms with van der Waals surface area (Å²) in [6.45, 7) is 1.84. The molecule has 0 fully saturated rings. The standard InChI is InChI=1S/C15H13ClF3NO/c1-9-7-11(16)5-6-13(9)14(20)10-3-2-4-12(8-10)21-15(17,18)19/h2-8,14H,20H2,1H3. The molecule has 6 heteroatoms. The first-order valence-corrected chi connectivity index (χ1v) is 6.51. The summed E-state index contributed by atoms with van der Waals surface area (Å²) >= 11 is 5.88. The van der Waals surface area contributed by atoms with Crippen LogP contribution in [0.3, 0.4) is 0 Å². The molecule has 0 heterocycles. The van der Waals surface area contributed by atoms with Gasteiger partial charge in [-0.1, -0.05) is 29.8 Å². The molecule has 0 aliphatic carbocycles. The Bertz CT molecular complexity index is 643. The quantitative estimate of drug-likeness (QED) is 0.898. The summed E-state index contributed by atoms with van der Waals surface area (Å²) < 4.78 is 40.6. The van der Waals surface area contributed by atoms with Gasteiger partial charge < -0.3 is 10.5 Å². The number of halogens is 4. The predicted molar refractivity (Wildman–Crippen MR) is 75.3 cm³/mol. The van der Waals surface area contributed by atoms with Gasteiger partial charge in [-0.2, -0.15) is 0 Å². The normalized spacial score (nSPS) is 13.0. The zero-order valence-corrected chi connectivity index (χ0v) is 11.9. The van der Waals surface area contributed by atoms with E-state index in [2.05, 4.69) is 4.74 Å². The van der Waals surface area contributed by atoms with Crippen LogP contribution in [0.25, 0.3) is 0 Å². The summed E-state index contributed by atoms with van der Waals surface area (Å²) in [5.74, 6) is -0.290. The van der Waals surface area contributed by atoms with E-state index in [4.69, 9.17) is 17.3 Å². The SMILES string of the molecule is Cc1cc(Cl)ccc1C(N)c1cccc(OC(F)(F)F)c1. The van der Waals surface area contributed by atoms with Crippen molar-refractivity contribution in [3.8, 4) is 5.75 Å². The van der Waals surface area contributed by atoms with Gasteiger partial charge in [-0.3, -0.25) is 0 Å². The number of benzene rings is 2. The lowest BCUT2D eigenvalue weighted by atomic mass is 9.96. The lowest BCUT2D eigenvalue weighted by molar-refractivity contribution is -0.274. The van der Waals surface area contributed by atoms with E-state index in [1.54, 1.807) is 24.3 Å². The van der Waals surface area contributed by atoms with Crippen LogP contribution in [-0.2, 0) is 0 Å². The lowest BCUT2D eigenvalue weighted by Crippen LogP contribution is -2.18. The monoisotopic (exact) mass is 315 g/mol. The molecule has 0 aliphatic rings. The van der Waals surface area contributed by atoms with E-state index in [1.807, 2.05) is 6.92 Å². The lowest BCUT2D eigenvalue weighted by Gasteiger charge is -2.17. The fraction of sp³-hybridized carbons (Fsp3) is 0.200. The van der Waals surface area contributed by atoms with E-state index in [0.717, 1.165) is 11.1 Å². The molecule has 2 aromatic rings. The van der Waals surface area contributed by atoms with Crippen molar-refractivity contribution in [3.05, 3.63) is 64.2 Å². The number of ether oxygens (including phenoxy) is 1. The first-order valence-electron chi connectivity index (χ1n) is 6.13. The minimum absolute atomic E-state index is 0.290. The molecule has 0 saturated heterocycles. The van der Waals surface area contributed by atoms with Crippen LogP contribution in [0.1, 0.15) is 22.7 Å². The van der Waals surface area contributed by atoms with Crippen molar-refractivity contribution in [1.82, 2.24) is 0 Å². The highest BCUT2D eigenvalue weighted by Gasteiger charge is 2.31. The Morgan fingerprint density at radius 3 is 2.48 bits per heavy atom. The molecule has 21 heavy (non-hydrogen) atoms. The number of hydrogen-bond acceptors (Lipinski definition) is 2. The highest BCUT2D eigenvalue weighted by molar-refractivity contribution is 6.30. The molecule has 0 amide bonds. The molecule has 2 aromatic carbocycles. The van der Waals surface area contributed by atoms with Crippen LogP contribution in [0.4, 0.5) is 13.2 Å². The van der Waals surface area contributed by atoms with Gasteiger partial charge in [-0.25, -0.2) is 0 Å². The fourth-order valence-electron chi connectivity index (χ4n) is 2.07. The average Bonchev–Trinajstić information content (AvgIpc) is 2.36. The maximum atomic E-state index is 12.2. The Morgan fingerprint density at radius 1 is 1.14 bits per heavy atom. The van der Waals surface area contributed by atoms with Gasteiger partial charge in [0.2, 0.25) is 0 Å². The van der Waals surface area contributed by atoms with E-state index in [9.17, 15) is 13.2 Å². The van der Waals surface area contributed by atoms with Gasteiger partial charge in [0.25, 0.3) is 0 Å². The third kappa shape index (κ3) is 4.12. The summed E-state index contributed by atoms with van der Waals surface area (Å²) in [4.78, 5) is 0. The largest absolute Gasteiger partial charge is 0.573 e. The first kappa shape index (κ1) is 15.7. The van der Waals surface area contributed by atoms with Crippen LogP contribution in [0.2, 0.25) is 5.02 Å². The molecule has 2 N–H and O–H groups in total. The summed E-state index contributed by atoms with van der Waals surface area (Å²) in [6.07, 6.45) is -4.72. The summed E-state index contributed by atoms with van der Waals surface area (Å²) in [6, 6.07) is 10.3. The summed E-state index contributed by atoms with van der Waals surface area (Å²) in [5.41, 5.74) is 8.32. The van der Waals surface area contributed by atoms with Crippen LogP contribution in [-0.4, -0.2) is 6.36 Å². The Morgan fingerprint density at radius 2 is 1.86 bits per heavy atom. The van der Waals surface area contributed by atoms with Gasteiger partial charge in [0.15, 0.2) is 0 Å². The number of aryl methyl sites for hydroxylation is 1. The van der Waals surface area contributed by atoms with Gasteiger partial charge >= 0.3 is 6.36 Å². The number of hydrogen-bond donors (Lipinski definition) is 1. The molecular weight excluding hydrogens is 303 g/mol. The van der Waals surface area contributed by atoms with Crippen LogP contribution in [0, 0.1) is 6.92 Å². The molecular formula is C15H13ClF3NO. The van der Waals surface area contributed by atoms with E-state index in [0.29, 0.717) is 10.6 Å². The van der Waals surface area contributed by atoms with Crippen molar-refractivity contribution in [3.63, 3.8) is 0 Å². The topological polar surface area (TPSA) is 35.2 Å². The van der Waals surface area contributed by atoms with E-state index in [1.165, 1.54) is 18.2 Å². The molecule has 1 unspecified atom stereocenters. The number of alkyl halides is 3. The molecule has 0 aliphatic heterocycles. The predicted octanol–water partition coefficient (Wildman–Crippen LogP) is 4.60. The number of nitrogens with two attached hydrogens (primary N) is 1. The molecule has 2 nitrogen and oxygen atoms in total. The third-order valence-electron chi connectivity index (χ3n) is 3.02. The summed E-state index contributed by atoms with van der Waals surface area (Å²) in [5, 5.41) is 0.581. The summed E-state index contributed by atoms with van der Waals surface area (Å²) in [7, 11) is 0. The average molecular weight is 316 g/mol. The van der Waals surface area contributed by atoms with Crippen molar-refractivity contribution in [2.75, 3.05) is 0 Å². The second-order valence-electron chi connectivity index (χ2n) is 4.60.